The molecule has 2 N–H and O–H groups in total. The van der Waals surface area contributed by atoms with E-state index in [9.17, 15) is 9.59 Å². The van der Waals surface area contributed by atoms with Crippen LogP contribution >= 0.6 is 0 Å². The predicted octanol–water partition coefficient (Wildman–Crippen LogP) is 0.722. The van der Waals surface area contributed by atoms with Crippen molar-refractivity contribution >= 4 is 23.2 Å². The number of carbonyl (C=O) groups is 2. The zero-order valence-electron chi connectivity index (χ0n) is 10.1. The first kappa shape index (κ1) is 11.1. The SMILES string of the molecule is CC(=O)NC1CC2C(=O)Nc3ccccc3N2C1. The van der Waals surface area contributed by atoms with Crippen LogP contribution in [0.1, 0.15) is 13.3 Å². The summed E-state index contributed by atoms with van der Waals surface area (Å²) < 4.78 is 0. The molecule has 2 aliphatic rings. The van der Waals surface area contributed by atoms with E-state index in [2.05, 4.69) is 15.5 Å². The smallest absolute Gasteiger partial charge is 0.247 e. The van der Waals surface area contributed by atoms with Gasteiger partial charge in [-0.3, -0.25) is 9.59 Å². The molecular formula is C13H15N3O2. The van der Waals surface area contributed by atoms with Crippen LogP contribution in [-0.4, -0.2) is 30.4 Å². The molecule has 2 aliphatic heterocycles. The Bertz CT molecular complexity index is 515. The highest BCUT2D eigenvalue weighted by molar-refractivity contribution is 6.04. The minimum atomic E-state index is -0.170. The third-order valence-electron chi connectivity index (χ3n) is 3.48. The quantitative estimate of drug-likeness (QED) is 0.766. The molecule has 2 amide bonds. The fraction of sp³-hybridized carbons (Fsp3) is 0.385. The van der Waals surface area contributed by atoms with Crippen molar-refractivity contribution in [2.45, 2.75) is 25.4 Å². The molecule has 1 saturated heterocycles. The summed E-state index contributed by atoms with van der Waals surface area (Å²) in [6.45, 7) is 2.19. The molecule has 1 fully saturated rings. The van der Waals surface area contributed by atoms with E-state index in [1.807, 2.05) is 24.3 Å². The fourth-order valence-corrected chi connectivity index (χ4v) is 2.79. The van der Waals surface area contributed by atoms with E-state index < -0.39 is 0 Å². The first-order valence-electron chi connectivity index (χ1n) is 6.09. The van der Waals surface area contributed by atoms with Gasteiger partial charge >= 0.3 is 0 Å². The monoisotopic (exact) mass is 245 g/mol. The molecule has 0 aliphatic carbocycles. The second-order valence-corrected chi connectivity index (χ2v) is 4.81. The van der Waals surface area contributed by atoms with Gasteiger partial charge in [0.15, 0.2) is 0 Å². The average Bonchev–Trinajstić information content (AvgIpc) is 2.73. The summed E-state index contributed by atoms with van der Waals surface area (Å²) >= 11 is 0. The lowest BCUT2D eigenvalue weighted by atomic mass is 10.1. The molecule has 0 spiro atoms. The van der Waals surface area contributed by atoms with Crippen LogP contribution in [0, 0.1) is 0 Å². The molecule has 5 heteroatoms. The highest BCUT2D eigenvalue weighted by Crippen LogP contribution is 2.36. The first-order chi connectivity index (χ1) is 8.65. The van der Waals surface area contributed by atoms with Gasteiger partial charge in [0.1, 0.15) is 6.04 Å². The Morgan fingerprint density at radius 3 is 3.00 bits per heavy atom. The van der Waals surface area contributed by atoms with Crippen molar-refractivity contribution in [3.8, 4) is 0 Å². The molecule has 1 aromatic carbocycles. The van der Waals surface area contributed by atoms with Gasteiger partial charge in [-0.05, 0) is 18.6 Å². The van der Waals surface area contributed by atoms with E-state index in [0.29, 0.717) is 13.0 Å². The third-order valence-corrected chi connectivity index (χ3v) is 3.48. The van der Waals surface area contributed by atoms with E-state index in [0.717, 1.165) is 11.4 Å². The number of amides is 2. The molecule has 2 atom stereocenters. The van der Waals surface area contributed by atoms with Crippen molar-refractivity contribution in [2.75, 3.05) is 16.8 Å². The van der Waals surface area contributed by atoms with Crippen molar-refractivity contribution in [3.05, 3.63) is 24.3 Å². The van der Waals surface area contributed by atoms with Gasteiger partial charge in [-0.2, -0.15) is 0 Å². The van der Waals surface area contributed by atoms with Gasteiger partial charge < -0.3 is 15.5 Å². The zero-order valence-corrected chi connectivity index (χ0v) is 10.1. The average molecular weight is 245 g/mol. The summed E-state index contributed by atoms with van der Waals surface area (Å²) in [5.41, 5.74) is 1.89. The maximum Gasteiger partial charge on any atom is 0.247 e. The summed E-state index contributed by atoms with van der Waals surface area (Å²) in [5, 5.41) is 5.80. The number of nitrogens with zero attached hydrogens (tertiary/aromatic N) is 1. The second kappa shape index (κ2) is 4.01. The Kier molecular flexibility index (Phi) is 2.47. The van der Waals surface area contributed by atoms with E-state index in [-0.39, 0.29) is 23.9 Å². The van der Waals surface area contributed by atoms with E-state index >= 15 is 0 Å². The Morgan fingerprint density at radius 1 is 1.44 bits per heavy atom. The molecule has 1 aromatic rings. The van der Waals surface area contributed by atoms with Crippen LogP contribution in [0.2, 0.25) is 0 Å². The minimum absolute atomic E-state index is 0.0153. The number of anilines is 2. The number of hydrogen-bond donors (Lipinski definition) is 2. The lowest BCUT2D eigenvalue weighted by Gasteiger charge is -2.32. The summed E-state index contributed by atoms with van der Waals surface area (Å²) in [6, 6.07) is 7.63. The highest BCUT2D eigenvalue weighted by Gasteiger charge is 2.40. The molecule has 3 rings (SSSR count). The number of nitrogens with one attached hydrogen (secondary N) is 2. The van der Waals surface area contributed by atoms with Gasteiger partial charge in [-0.15, -0.1) is 0 Å². The second-order valence-electron chi connectivity index (χ2n) is 4.81. The molecule has 0 aromatic heterocycles. The summed E-state index contributed by atoms with van der Waals surface area (Å²) in [5.74, 6) is -0.0323. The topological polar surface area (TPSA) is 61.4 Å². The van der Waals surface area contributed by atoms with Gasteiger partial charge in [0.05, 0.1) is 11.4 Å². The molecule has 2 unspecified atom stereocenters. The maximum absolute atomic E-state index is 12.0. The number of fused-ring (bicyclic) bond motifs is 3. The van der Waals surface area contributed by atoms with Crippen molar-refractivity contribution in [3.63, 3.8) is 0 Å². The van der Waals surface area contributed by atoms with Gasteiger partial charge in [0.25, 0.3) is 0 Å². The standard InChI is InChI=1S/C13H15N3O2/c1-8(17)14-9-6-12-13(18)15-10-4-2-3-5-11(10)16(12)7-9/h2-5,9,12H,6-7H2,1H3,(H,14,17)(H,15,18). The van der Waals surface area contributed by atoms with Gasteiger partial charge in [-0.1, -0.05) is 12.1 Å². The van der Waals surface area contributed by atoms with E-state index in [4.69, 9.17) is 0 Å². The van der Waals surface area contributed by atoms with Crippen LogP contribution in [-0.2, 0) is 9.59 Å². The number of rotatable bonds is 1. The summed E-state index contributed by atoms with van der Waals surface area (Å²) in [6.07, 6.45) is 0.666. The van der Waals surface area contributed by atoms with E-state index in [1.165, 1.54) is 6.92 Å². The van der Waals surface area contributed by atoms with E-state index in [1.54, 1.807) is 0 Å². The van der Waals surface area contributed by atoms with Crippen molar-refractivity contribution < 1.29 is 9.59 Å². The number of carbonyl (C=O) groups excluding carboxylic acids is 2. The predicted molar refractivity (Wildman–Crippen MR) is 68.4 cm³/mol. The highest BCUT2D eigenvalue weighted by atomic mass is 16.2. The molecule has 0 bridgehead atoms. The lowest BCUT2D eigenvalue weighted by Crippen LogP contribution is -2.43. The van der Waals surface area contributed by atoms with Crippen molar-refractivity contribution in [2.24, 2.45) is 0 Å². The van der Waals surface area contributed by atoms with Gasteiger partial charge in [0.2, 0.25) is 11.8 Å². The van der Waals surface area contributed by atoms with Gasteiger partial charge in [-0.25, -0.2) is 0 Å². The van der Waals surface area contributed by atoms with Gasteiger partial charge in [0, 0.05) is 19.5 Å². The van der Waals surface area contributed by atoms with Crippen LogP contribution in [0.4, 0.5) is 11.4 Å². The minimum Gasteiger partial charge on any atom is -0.356 e. The van der Waals surface area contributed by atoms with Crippen molar-refractivity contribution in [1.82, 2.24) is 5.32 Å². The first-order valence-corrected chi connectivity index (χ1v) is 6.09. The molecule has 0 saturated carbocycles. The zero-order chi connectivity index (χ0) is 12.7. The Labute approximate surface area is 105 Å². The number of hydrogen-bond acceptors (Lipinski definition) is 3. The van der Waals surface area contributed by atoms with Crippen LogP contribution < -0.4 is 15.5 Å². The Hall–Kier alpha value is -2.04. The number of para-hydroxylation sites is 2. The molecule has 18 heavy (non-hydrogen) atoms. The summed E-state index contributed by atoms with van der Waals surface area (Å²) in [4.78, 5) is 25.2. The van der Waals surface area contributed by atoms with Crippen LogP contribution in [0.15, 0.2) is 24.3 Å². The Balaban J connectivity index is 1.90. The molecule has 5 nitrogen and oxygen atoms in total. The maximum atomic E-state index is 12.0. The molecular weight excluding hydrogens is 230 g/mol. The molecule has 2 heterocycles. The lowest BCUT2D eigenvalue weighted by molar-refractivity contribution is -0.120. The van der Waals surface area contributed by atoms with Crippen molar-refractivity contribution in [1.29, 1.82) is 0 Å². The largest absolute Gasteiger partial charge is 0.356 e. The normalized spacial score (nSPS) is 25.2. The molecule has 94 valence electrons. The summed E-state index contributed by atoms with van der Waals surface area (Å²) in [7, 11) is 0. The van der Waals surface area contributed by atoms with Crippen LogP contribution in [0.5, 0.6) is 0 Å². The van der Waals surface area contributed by atoms with Crippen LogP contribution in [0.25, 0.3) is 0 Å². The Morgan fingerprint density at radius 2 is 2.22 bits per heavy atom. The van der Waals surface area contributed by atoms with Crippen LogP contribution in [0.3, 0.4) is 0 Å². The third kappa shape index (κ3) is 1.72. The fourth-order valence-electron chi connectivity index (χ4n) is 2.79. The molecule has 0 radical (unpaired) electrons. The number of benzene rings is 1.